The summed E-state index contributed by atoms with van der Waals surface area (Å²) in [5.74, 6) is -1.16. The summed E-state index contributed by atoms with van der Waals surface area (Å²) in [7, 11) is 1.51. The maximum Gasteiger partial charge on any atom is 0.519 e. The Hall–Kier alpha value is -4.54. The van der Waals surface area contributed by atoms with Gasteiger partial charge in [0.1, 0.15) is 24.0 Å². The number of fused-ring (bicyclic) bond motifs is 1. The summed E-state index contributed by atoms with van der Waals surface area (Å²) in [4.78, 5) is 60.9. The van der Waals surface area contributed by atoms with E-state index in [0.717, 1.165) is 0 Å². The molecule has 17 heteroatoms. The van der Waals surface area contributed by atoms with Crippen LogP contribution in [0, 0.1) is 13.0 Å². The number of hydrogen-bond acceptors (Lipinski definition) is 13. The van der Waals surface area contributed by atoms with E-state index < -0.39 is 47.5 Å². The first-order chi connectivity index (χ1) is 20.6. The first-order valence-corrected chi connectivity index (χ1v) is 13.8. The predicted octanol–water partition coefficient (Wildman–Crippen LogP) is 3.83. The van der Waals surface area contributed by atoms with Gasteiger partial charge >= 0.3 is 30.1 Å². The van der Waals surface area contributed by atoms with Gasteiger partial charge in [0.15, 0.2) is 35.1 Å². The van der Waals surface area contributed by atoms with Crippen LogP contribution in [0.15, 0.2) is 20.0 Å². The minimum Gasteiger partial charge on any atom is -0.463 e. The van der Waals surface area contributed by atoms with Crippen molar-refractivity contribution in [3.8, 4) is 0 Å². The smallest absolute Gasteiger partial charge is 0.463 e. The van der Waals surface area contributed by atoms with Crippen LogP contribution in [0.3, 0.4) is 0 Å². The van der Waals surface area contributed by atoms with Crippen molar-refractivity contribution in [2.24, 2.45) is 0 Å². The Morgan fingerprint density at radius 1 is 1.23 bits per heavy atom. The largest absolute Gasteiger partial charge is 0.519 e. The van der Waals surface area contributed by atoms with E-state index in [1.54, 1.807) is 27.7 Å². The van der Waals surface area contributed by atoms with Crippen LogP contribution in [-0.2, 0) is 30.3 Å². The highest BCUT2D eigenvalue weighted by Gasteiger charge is 2.39. The number of amides is 2. The van der Waals surface area contributed by atoms with Gasteiger partial charge in [-0.3, -0.25) is 14.7 Å². The number of imidazole rings is 1. The van der Waals surface area contributed by atoms with E-state index in [1.807, 2.05) is 0 Å². The zero-order chi connectivity index (χ0) is 32.2. The summed E-state index contributed by atoms with van der Waals surface area (Å²) in [6.45, 7) is 8.30. The van der Waals surface area contributed by atoms with Crippen molar-refractivity contribution >= 4 is 35.1 Å². The summed E-state index contributed by atoms with van der Waals surface area (Å²) in [5.41, 5.74) is -1.34. The van der Waals surface area contributed by atoms with Crippen molar-refractivity contribution in [2.75, 3.05) is 25.5 Å². The highest BCUT2D eigenvalue weighted by Crippen LogP contribution is 2.38. The molecule has 0 aliphatic carbocycles. The van der Waals surface area contributed by atoms with E-state index in [-0.39, 0.29) is 54.7 Å². The lowest BCUT2D eigenvalue weighted by atomic mass is 10.0. The number of carbonyl (C=O) groups excluding carboxylic acids is 3. The number of halogens is 1. The summed E-state index contributed by atoms with van der Waals surface area (Å²) in [6, 6.07) is 0. The molecule has 240 valence electrons. The van der Waals surface area contributed by atoms with Gasteiger partial charge in [0.25, 0.3) is 0 Å². The number of ether oxygens (including phenoxy) is 4. The van der Waals surface area contributed by atoms with E-state index in [9.17, 15) is 23.6 Å². The molecule has 3 aromatic heterocycles. The Labute approximate surface area is 250 Å². The Kier molecular flexibility index (Phi) is 9.56. The minimum atomic E-state index is -1.07. The third-order valence-corrected chi connectivity index (χ3v) is 6.55. The molecule has 3 aromatic rings. The summed E-state index contributed by atoms with van der Waals surface area (Å²) >= 11 is 0. The molecule has 0 aromatic carbocycles. The SMILES string of the molecule is Cc1oc(=O)oc1COC(=O)N(C)CCCC(=O)OC[C@]1(C)CC[C@H](n2cnc3c(NC(=O)OC(C)(C)C)nc(F)nc32)O1. The predicted molar refractivity (Wildman–Crippen MR) is 148 cm³/mol. The first kappa shape index (κ1) is 32.4. The third kappa shape index (κ3) is 8.30. The average molecular weight is 623 g/mol. The van der Waals surface area contributed by atoms with Crippen molar-refractivity contribution in [1.82, 2.24) is 24.4 Å². The molecule has 4 heterocycles. The van der Waals surface area contributed by atoms with Gasteiger partial charge in [0.05, 0.1) is 6.33 Å². The van der Waals surface area contributed by atoms with Gasteiger partial charge in [0.2, 0.25) is 0 Å². The van der Waals surface area contributed by atoms with E-state index in [1.165, 1.54) is 29.8 Å². The molecule has 44 heavy (non-hydrogen) atoms. The Balaban J connectivity index is 1.25. The lowest BCUT2D eigenvalue weighted by Crippen LogP contribution is -2.32. The standard InChI is InChI=1S/C27H35FN6O10/c1-15-16(42-25(38)41-15)12-39-24(37)33(6)11-7-8-18(35)40-13-27(5)10-9-17(43-27)34-14-29-19-20(30-22(28)32-21(19)34)31-23(36)44-26(2,3)4/h14,17H,7-13H2,1-6H3,(H,30,31,32,36)/t17-,27+/m1/s1. The lowest BCUT2D eigenvalue weighted by molar-refractivity contribution is -0.156. The topological polar surface area (TPSA) is 190 Å². The van der Waals surface area contributed by atoms with E-state index in [4.69, 9.17) is 27.8 Å². The number of rotatable bonds is 10. The maximum atomic E-state index is 14.3. The Morgan fingerprint density at radius 2 is 1.98 bits per heavy atom. The molecule has 0 spiro atoms. The second kappa shape index (κ2) is 13.0. The Bertz CT molecular complexity index is 1580. The zero-order valence-electron chi connectivity index (χ0n) is 25.3. The van der Waals surface area contributed by atoms with Crippen molar-refractivity contribution in [1.29, 1.82) is 0 Å². The lowest BCUT2D eigenvalue weighted by Gasteiger charge is -2.25. The number of anilines is 1. The van der Waals surface area contributed by atoms with Crippen LogP contribution >= 0.6 is 0 Å². The van der Waals surface area contributed by atoms with Crippen LogP contribution in [0.2, 0.25) is 0 Å². The van der Waals surface area contributed by atoms with Crippen molar-refractivity contribution in [3.05, 3.63) is 34.5 Å². The number of aromatic nitrogens is 4. The number of nitrogens with one attached hydrogen (secondary N) is 1. The average Bonchev–Trinajstić information content (AvgIpc) is 3.61. The number of hydrogen-bond donors (Lipinski definition) is 1. The summed E-state index contributed by atoms with van der Waals surface area (Å²) in [6.07, 6.45) is -0.355. The van der Waals surface area contributed by atoms with E-state index >= 15 is 0 Å². The van der Waals surface area contributed by atoms with Gasteiger partial charge in [-0.2, -0.15) is 14.4 Å². The molecule has 1 aliphatic heterocycles. The highest BCUT2D eigenvalue weighted by atomic mass is 19.1. The molecule has 1 fully saturated rings. The van der Waals surface area contributed by atoms with Crippen molar-refractivity contribution in [3.63, 3.8) is 0 Å². The summed E-state index contributed by atoms with van der Waals surface area (Å²) < 4.78 is 47.3. The number of esters is 1. The molecule has 1 N–H and O–H groups in total. The Morgan fingerprint density at radius 3 is 2.66 bits per heavy atom. The van der Waals surface area contributed by atoms with Crippen LogP contribution in [0.4, 0.5) is 19.8 Å². The molecule has 1 aliphatic rings. The van der Waals surface area contributed by atoms with Gasteiger partial charge in [-0.15, -0.1) is 0 Å². The monoisotopic (exact) mass is 622 g/mol. The molecular formula is C27H35FN6O10. The molecule has 16 nitrogen and oxygen atoms in total. The molecule has 4 rings (SSSR count). The quantitative estimate of drug-likeness (QED) is 0.195. The molecule has 0 bridgehead atoms. The van der Waals surface area contributed by atoms with Crippen LogP contribution < -0.4 is 11.1 Å². The van der Waals surface area contributed by atoms with Crippen LogP contribution in [-0.4, -0.2) is 74.0 Å². The highest BCUT2D eigenvalue weighted by molar-refractivity contribution is 5.93. The van der Waals surface area contributed by atoms with Gasteiger partial charge in [-0.25, -0.2) is 19.4 Å². The molecule has 2 atom stereocenters. The fourth-order valence-electron chi connectivity index (χ4n) is 4.37. The number of carbonyl (C=O) groups is 3. The molecular weight excluding hydrogens is 587 g/mol. The first-order valence-electron chi connectivity index (χ1n) is 13.8. The maximum absolute atomic E-state index is 14.3. The number of aryl methyl sites for hydroxylation is 1. The fraction of sp³-hybridized carbons (Fsp3) is 0.593. The van der Waals surface area contributed by atoms with Crippen molar-refractivity contribution in [2.45, 2.75) is 84.3 Å². The molecule has 0 saturated carbocycles. The normalized spacial score (nSPS) is 18.3. The van der Waals surface area contributed by atoms with Gasteiger partial charge in [-0.05, 0) is 53.9 Å². The van der Waals surface area contributed by atoms with Crippen LogP contribution in [0.1, 0.15) is 71.1 Å². The van der Waals surface area contributed by atoms with Gasteiger partial charge in [-0.1, -0.05) is 0 Å². The van der Waals surface area contributed by atoms with E-state index in [0.29, 0.717) is 19.3 Å². The molecule has 2 amide bonds. The van der Waals surface area contributed by atoms with Gasteiger partial charge in [0, 0.05) is 20.0 Å². The minimum absolute atomic E-state index is 0.0309. The fourth-order valence-corrected chi connectivity index (χ4v) is 4.37. The zero-order valence-corrected chi connectivity index (χ0v) is 25.3. The molecule has 0 unspecified atom stereocenters. The number of nitrogens with zero attached hydrogens (tertiary/aromatic N) is 5. The third-order valence-electron chi connectivity index (χ3n) is 6.55. The van der Waals surface area contributed by atoms with Crippen molar-refractivity contribution < 1.29 is 46.6 Å². The van der Waals surface area contributed by atoms with Crippen LogP contribution in [0.25, 0.3) is 11.2 Å². The second-order valence-corrected chi connectivity index (χ2v) is 11.5. The molecule has 0 radical (unpaired) electrons. The van der Waals surface area contributed by atoms with E-state index in [2.05, 4.69) is 20.3 Å². The van der Waals surface area contributed by atoms with Gasteiger partial charge < -0.3 is 32.7 Å². The second-order valence-electron chi connectivity index (χ2n) is 11.5. The molecule has 1 saturated heterocycles. The van der Waals surface area contributed by atoms with Crippen LogP contribution in [0.5, 0.6) is 0 Å². The summed E-state index contributed by atoms with van der Waals surface area (Å²) in [5, 5.41) is 2.41.